The molecule has 1 heterocycles. The number of halogens is 1. The van der Waals surface area contributed by atoms with Gasteiger partial charge >= 0.3 is 6.09 Å². The number of hydrogen-bond donors (Lipinski definition) is 3. The molecular formula is C23H31FN2O5. The molecule has 1 aliphatic heterocycles. The van der Waals surface area contributed by atoms with Crippen molar-refractivity contribution in [2.24, 2.45) is 11.8 Å². The molecule has 31 heavy (non-hydrogen) atoms. The third-order valence-corrected chi connectivity index (χ3v) is 6.01. The average Bonchev–Trinajstić information content (AvgIpc) is 2.76. The van der Waals surface area contributed by atoms with E-state index in [0.29, 0.717) is 50.3 Å². The third-order valence-electron chi connectivity index (χ3n) is 6.01. The van der Waals surface area contributed by atoms with E-state index >= 15 is 0 Å². The standard InChI is InChI=1S/C23H31FN2O5/c1-15(27)13-25-22(28)18-4-2-17(3-5-18)20-7-6-19(12-21(20)24)31-14-16-8-10-26(11-9-16)23(29)30/h2,6-7,12,15-16,18,27H,3-5,8-11,13-14H2,1H3,(H,25,28)(H,29,30)/t15-,18?/m0/s1. The van der Waals surface area contributed by atoms with E-state index in [1.807, 2.05) is 6.08 Å². The van der Waals surface area contributed by atoms with E-state index in [1.165, 1.54) is 11.0 Å². The Labute approximate surface area is 181 Å². The number of carbonyl (C=O) groups is 2. The predicted molar refractivity (Wildman–Crippen MR) is 114 cm³/mol. The van der Waals surface area contributed by atoms with Crippen molar-refractivity contribution in [3.8, 4) is 5.75 Å². The Morgan fingerprint density at radius 1 is 1.29 bits per heavy atom. The molecule has 2 aliphatic rings. The number of nitrogens with zero attached hydrogens (tertiary/aromatic N) is 1. The second-order valence-electron chi connectivity index (χ2n) is 8.46. The van der Waals surface area contributed by atoms with Gasteiger partial charge in [-0.25, -0.2) is 9.18 Å². The number of aliphatic hydroxyl groups is 1. The number of benzene rings is 1. The number of allylic oxidation sites excluding steroid dienone is 2. The zero-order chi connectivity index (χ0) is 22.4. The highest BCUT2D eigenvalue weighted by Gasteiger charge is 2.24. The predicted octanol–water partition coefficient (Wildman–Crippen LogP) is 3.28. The van der Waals surface area contributed by atoms with Gasteiger partial charge in [0, 0.05) is 37.2 Å². The van der Waals surface area contributed by atoms with Gasteiger partial charge in [0.2, 0.25) is 5.91 Å². The van der Waals surface area contributed by atoms with E-state index in [9.17, 15) is 19.1 Å². The van der Waals surface area contributed by atoms with E-state index in [-0.39, 0.29) is 30.1 Å². The lowest BCUT2D eigenvalue weighted by Gasteiger charge is -2.29. The van der Waals surface area contributed by atoms with Gasteiger partial charge < -0.3 is 25.2 Å². The third kappa shape index (κ3) is 6.43. The van der Waals surface area contributed by atoms with Crippen molar-refractivity contribution in [2.75, 3.05) is 26.2 Å². The minimum atomic E-state index is -0.888. The van der Waals surface area contributed by atoms with Crippen LogP contribution in [0.4, 0.5) is 9.18 Å². The largest absolute Gasteiger partial charge is 0.493 e. The molecule has 2 amide bonds. The summed E-state index contributed by atoms with van der Waals surface area (Å²) in [6, 6.07) is 4.87. The molecule has 0 spiro atoms. The van der Waals surface area contributed by atoms with Crippen molar-refractivity contribution in [3.05, 3.63) is 35.7 Å². The monoisotopic (exact) mass is 434 g/mol. The summed E-state index contributed by atoms with van der Waals surface area (Å²) in [4.78, 5) is 24.5. The number of hydrogen-bond acceptors (Lipinski definition) is 4. The maximum atomic E-state index is 14.7. The Morgan fingerprint density at radius 2 is 2.03 bits per heavy atom. The van der Waals surface area contributed by atoms with Gasteiger partial charge in [0.25, 0.3) is 0 Å². The fourth-order valence-electron chi connectivity index (χ4n) is 4.06. The van der Waals surface area contributed by atoms with E-state index < -0.39 is 12.2 Å². The zero-order valence-corrected chi connectivity index (χ0v) is 17.8. The molecule has 3 N–H and O–H groups in total. The molecule has 1 fully saturated rings. The summed E-state index contributed by atoms with van der Waals surface area (Å²) in [5, 5.41) is 21.0. The smallest absolute Gasteiger partial charge is 0.407 e. The van der Waals surface area contributed by atoms with Crippen LogP contribution in [0.5, 0.6) is 5.75 Å². The summed E-state index contributed by atoms with van der Waals surface area (Å²) >= 11 is 0. The van der Waals surface area contributed by atoms with Crippen LogP contribution in [-0.2, 0) is 4.79 Å². The number of aliphatic hydroxyl groups excluding tert-OH is 1. The first-order valence-electron chi connectivity index (χ1n) is 10.9. The molecule has 1 aliphatic carbocycles. The minimum Gasteiger partial charge on any atom is -0.493 e. The van der Waals surface area contributed by atoms with E-state index in [2.05, 4.69) is 5.32 Å². The summed E-state index contributed by atoms with van der Waals surface area (Å²) in [5.41, 5.74) is 1.43. The topological polar surface area (TPSA) is 99.1 Å². The molecule has 1 aromatic rings. The maximum Gasteiger partial charge on any atom is 0.407 e. The second-order valence-corrected chi connectivity index (χ2v) is 8.46. The Morgan fingerprint density at radius 3 is 2.61 bits per heavy atom. The van der Waals surface area contributed by atoms with Gasteiger partial charge in [-0.1, -0.05) is 6.08 Å². The van der Waals surface area contributed by atoms with Gasteiger partial charge in [-0.2, -0.15) is 0 Å². The molecule has 8 heteroatoms. The van der Waals surface area contributed by atoms with Gasteiger partial charge in [0.05, 0.1) is 12.7 Å². The van der Waals surface area contributed by atoms with Crippen molar-refractivity contribution in [1.29, 1.82) is 0 Å². The number of amides is 2. The first kappa shape index (κ1) is 23.1. The second kappa shape index (κ2) is 10.6. The van der Waals surface area contributed by atoms with Crippen LogP contribution < -0.4 is 10.1 Å². The summed E-state index contributed by atoms with van der Waals surface area (Å²) < 4.78 is 20.5. The molecule has 0 aromatic heterocycles. The summed E-state index contributed by atoms with van der Waals surface area (Å²) in [6.07, 6.45) is 3.75. The van der Waals surface area contributed by atoms with Crippen molar-refractivity contribution in [1.82, 2.24) is 10.2 Å². The molecule has 0 bridgehead atoms. The van der Waals surface area contributed by atoms with Gasteiger partial charge in [-0.15, -0.1) is 0 Å². The highest BCUT2D eigenvalue weighted by Crippen LogP contribution is 2.33. The summed E-state index contributed by atoms with van der Waals surface area (Å²) in [5.74, 6) is 0.154. The van der Waals surface area contributed by atoms with Crippen LogP contribution in [-0.4, -0.2) is 59.5 Å². The number of piperidine rings is 1. The lowest BCUT2D eigenvalue weighted by molar-refractivity contribution is -0.125. The molecular weight excluding hydrogens is 403 g/mol. The van der Waals surface area contributed by atoms with Crippen LogP contribution in [0.15, 0.2) is 24.3 Å². The molecule has 1 saturated heterocycles. The minimum absolute atomic E-state index is 0.0744. The van der Waals surface area contributed by atoms with Crippen LogP contribution in [0, 0.1) is 17.7 Å². The molecule has 2 atom stereocenters. The number of carboxylic acid groups (broad SMARTS) is 1. The number of rotatable bonds is 7. The number of carbonyl (C=O) groups excluding carboxylic acids is 1. The molecule has 1 aromatic carbocycles. The quantitative estimate of drug-likeness (QED) is 0.612. The highest BCUT2D eigenvalue weighted by atomic mass is 19.1. The Hall–Kier alpha value is -2.61. The first-order valence-corrected chi connectivity index (χ1v) is 10.9. The van der Waals surface area contributed by atoms with Gasteiger partial charge in [-0.3, -0.25) is 4.79 Å². The number of ether oxygens (including phenoxy) is 1. The van der Waals surface area contributed by atoms with Crippen LogP contribution in [0.1, 0.15) is 44.6 Å². The fourth-order valence-corrected chi connectivity index (χ4v) is 4.06. The molecule has 1 unspecified atom stereocenters. The first-order chi connectivity index (χ1) is 14.8. The van der Waals surface area contributed by atoms with Gasteiger partial charge in [-0.05, 0) is 62.7 Å². The molecule has 0 saturated carbocycles. The molecule has 0 radical (unpaired) electrons. The van der Waals surface area contributed by atoms with Crippen molar-refractivity contribution < 1.29 is 28.9 Å². The van der Waals surface area contributed by atoms with E-state index in [0.717, 1.165) is 18.4 Å². The van der Waals surface area contributed by atoms with Gasteiger partial charge in [0.1, 0.15) is 11.6 Å². The van der Waals surface area contributed by atoms with Gasteiger partial charge in [0.15, 0.2) is 0 Å². The SMILES string of the molecule is C[C@H](O)CNC(=O)C1CC=C(c2ccc(OCC3CCN(C(=O)O)CC3)cc2F)CC1. The van der Waals surface area contributed by atoms with Crippen LogP contribution >= 0.6 is 0 Å². The van der Waals surface area contributed by atoms with Crippen LogP contribution in [0.3, 0.4) is 0 Å². The van der Waals surface area contributed by atoms with Crippen molar-refractivity contribution >= 4 is 17.6 Å². The Balaban J connectivity index is 1.50. The Kier molecular flexibility index (Phi) is 7.90. The lowest BCUT2D eigenvalue weighted by atomic mass is 9.86. The average molecular weight is 435 g/mol. The number of likely N-dealkylation sites (tertiary alicyclic amines) is 1. The molecule has 7 nitrogen and oxygen atoms in total. The highest BCUT2D eigenvalue weighted by molar-refractivity contribution is 5.80. The lowest BCUT2D eigenvalue weighted by Crippen LogP contribution is -2.38. The van der Waals surface area contributed by atoms with Crippen LogP contribution in [0.2, 0.25) is 0 Å². The normalized spacial score (nSPS) is 20.7. The van der Waals surface area contributed by atoms with Crippen molar-refractivity contribution in [2.45, 2.75) is 45.1 Å². The van der Waals surface area contributed by atoms with E-state index in [4.69, 9.17) is 9.84 Å². The maximum absolute atomic E-state index is 14.7. The number of nitrogens with one attached hydrogen (secondary N) is 1. The Bertz CT molecular complexity index is 818. The van der Waals surface area contributed by atoms with E-state index in [1.54, 1.807) is 19.1 Å². The zero-order valence-electron chi connectivity index (χ0n) is 17.8. The fraction of sp³-hybridized carbons (Fsp3) is 0.565. The van der Waals surface area contributed by atoms with Crippen LogP contribution in [0.25, 0.3) is 5.57 Å². The van der Waals surface area contributed by atoms with Crippen molar-refractivity contribution in [3.63, 3.8) is 0 Å². The summed E-state index contributed by atoms with van der Waals surface area (Å²) in [6.45, 7) is 3.31. The summed E-state index contributed by atoms with van der Waals surface area (Å²) in [7, 11) is 0. The molecule has 3 rings (SSSR count). The molecule has 170 valence electrons.